The first kappa shape index (κ1) is 31.5. The molecule has 5 nitrogen and oxygen atoms in total. The van der Waals surface area contributed by atoms with Crippen molar-refractivity contribution >= 4 is 6.29 Å². The molecule has 5 heteroatoms. The topological polar surface area (TPSA) is 98.0 Å². The Morgan fingerprint density at radius 3 is 2.34 bits per heavy atom. The van der Waals surface area contributed by atoms with Crippen molar-refractivity contribution in [3.8, 4) is 0 Å². The number of aldehydes is 1. The quantitative estimate of drug-likeness (QED) is 0.145. The second-order valence-electron chi connectivity index (χ2n) is 10.9. The molecule has 0 unspecified atom stereocenters. The first-order valence-electron chi connectivity index (χ1n) is 13.2. The van der Waals surface area contributed by atoms with Crippen molar-refractivity contribution in [1.29, 1.82) is 0 Å². The van der Waals surface area contributed by atoms with Gasteiger partial charge in [0.05, 0.1) is 18.3 Å². The van der Waals surface area contributed by atoms with Gasteiger partial charge < -0.3 is 20.4 Å². The second kappa shape index (κ2) is 14.9. The van der Waals surface area contributed by atoms with E-state index in [1.807, 2.05) is 13.0 Å². The van der Waals surface area contributed by atoms with Crippen LogP contribution in [-0.2, 0) is 4.79 Å². The van der Waals surface area contributed by atoms with Crippen LogP contribution in [-0.4, -0.2) is 51.6 Å². The highest BCUT2D eigenvalue weighted by molar-refractivity contribution is 5.74. The molecule has 1 rings (SSSR count). The van der Waals surface area contributed by atoms with Crippen LogP contribution in [0.25, 0.3) is 0 Å². The predicted octanol–water partition coefficient (Wildman–Crippen LogP) is 5.58. The van der Waals surface area contributed by atoms with E-state index in [-0.39, 0.29) is 19.1 Å². The van der Waals surface area contributed by atoms with Crippen LogP contribution in [0.1, 0.15) is 99.3 Å². The summed E-state index contributed by atoms with van der Waals surface area (Å²) in [6.07, 6.45) is 12.6. The average molecular weight is 491 g/mol. The van der Waals surface area contributed by atoms with Crippen LogP contribution in [0.5, 0.6) is 0 Å². The minimum atomic E-state index is -1.10. The van der Waals surface area contributed by atoms with Gasteiger partial charge in [0.2, 0.25) is 0 Å². The van der Waals surface area contributed by atoms with Gasteiger partial charge in [-0.1, -0.05) is 34.9 Å². The molecule has 4 N–H and O–H groups in total. The van der Waals surface area contributed by atoms with Crippen LogP contribution in [0.2, 0.25) is 0 Å². The van der Waals surface area contributed by atoms with Gasteiger partial charge in [0.15, 0.2) is 0 Å². The molecule has 200 valence electrons. The Labute approximate surface area is 213 Å². The molecule has 0 aromatic carbocycles. The summed E-state index contributed by atoms with van der Waals surface area (Å²) in [6, 6.07) is 0. The third-order valence-corrected chi connectivity index (χ3v) is 8.02. The highest BCUT2D eigenvalue weighted by atomic mass is 16.3. The van der Waals surface area contributed by atoms with E-state index in [9.17, 15) is 25.2 Å². The Morgan fingerprint density at radius 1 is 1.09 bits per heavy atom. The van der Waals surface area contributed by atoms with Crippen molar-refractivity contribution in [2.45, 2.75) is 111 Å². The number of carbonyl (C=O) groups excluding carboxylic acids is 1. The van der Waals surface area contributed by atoms with Crippen LogP contribution in [0.15, 0.2) is 46.1 Å². The fraction of sp³-hybridized carbons (Fsp3) is 0.700. The van der Waals surface area contributed by atoms with Crippen LogP contribution in [0, 0.1) is 11.3 Å². The van der Waals surface area contributed by atoms with Crippen molar-refractivity contribution in [2.24, 2.45) is 11.3 Å². The number of carbonyl (C=O) groups is 1. The molecule has 0 aromatic heterocycles. The van der Waals surface area contributed by atoms with E-state index in [0.717, 1.165) is 30.3 Å². The Kier molecular flexibility index (Phi) is 13.4. The molecule has 0 radical (unpaired) electrons. The van der Waals surface area contributed by atoms with Gasteiger partial charge in [-0.25, -0.2) is 0 Å². The van der Waals surface area contributed by atoms with Crippen molar-refractivity contribution in [1.82, 2.24) is 0 Å². The number of aliphatic hydroxyl groups excluding tert-OH is 3. The zero-order chi connectivity index (χ0) is 26.6. The maximum Gasteiger partial charge on any atom is 0.145 e. The van der Waals surface area contributed by atoms with Gasteiger partial charge in [0.25, 0.3) is 0 Å². The molecular weight excluding hydrogens is 440 g/mol. The number of hydrogen-bond acceptors (Lipinski definition) is 5. The molecule has 0 heterocycles. The summed E-state index contributed by atoms with van der Waals surface area (Å²) in [5, 5.41) is 42.2. The zero-order valence-corrected chi connectivity index (χ0v) is 22.9. The van der Waals surface area contributed by atoms with Gasteiger partial charge in [-0.15, -0.1) is 0 Å². The molecule has 0 amide bonds. The van der Waals surface area contributed by atoms with Gasteiger partial charge in [0, 0.05) is 12.0 Å². The van der Waals surface area contributed by atoms with Gasteiger partial charge in [-0.05, 0) is 116 Å². The summed E-state index contributed by atoms with van der Waals surface area (Å²) in [7, 11) is 0. The predicted molar refractivity (Wildman–Crippen MR) is 144 cm³/mol. The molecular formula is C30H50O5. The van der Waals surface area contributed by atoms with Crippen molar-refractivity contribution < 1.29 is 25.2 Å². The van der Waals surface area contributed by atoms with E-state index >= 15 is 0 Å². The molecule has 1 aliphatic rings. The second-order valence-corrected chi connectivity index (χ2v) is 10.9. The molecule has 0 saturated heterocycles. The lowest BCUT2D eigenvalue weighted by Gasteiger charge is -2.54. The van der Waals surface area contributed by atoms with Crippen LogP contribution in [0.3, 0.4) is 0 Å². The molecule has 4 atom stereocenters. The Hall–Kier alpha value is -1.53. The monoisotopic (exact) mass is 490 g/mol. The maximum absolute atomic E-state index is 11.6. The fourth-order valence-corrected chi connectivity index (χ4v) is 5.49. The largest absolute Gasteiger partial charge is 0.396 e. The minimum absolute atomic E-state index is 0.0278. The van der Waals surface area contributed by atoms with Gasteiger partial charge in [-0.3, -0.25) is 4.79 Å². The van der Waals surface area contributed by atoms with E-state index in [4.69, 9.17) is 0 Å². The van der Waals surface area contributed by atoms with E-state index in [1.165, 1.54) is 11.1 Å². The lowest BCUT2D eigenvalue weighted by molar-refractivity contribution is -0.146. The summed E-state index contributed by atoms with van der Waals surface area (Å²) < 4.78 is 0. The molecule has 1 fully saturated rings. The first-order valence-corrected chi connectivity index (χ1v) is 13.2. The molecule has 1 aliphatic carbocycles. The van der Waals surface area contributed by atoms with Crippen molar-refractivity contribution in [2.75, 3.05) is 13.2 Å². The Bertz CT molecular complexity index is 798. The molecule has 35 heavy (non-hydrogen) atoms. The lowest BCUT2D eigenvalue weighted by atomic mass is 9.53. The fourth-order valence-electron chi connectivity index (χ4n) is 5.49. The summed E-state index contributed by atoms with van der Waals surface area (Å²) >= 11 is 0. The number of rotatable bonds is 14. The first-order chi connectivity index (χ1) is 16.5. The highest BCUT2D eigenvalue weighted by Crippen LogP contribution is 2.55. The van der Waals surface area contributed by atoms with Gasteiger partial charge in [-0.2, -0.15) is 0 Å². The maximum atomic E-state index is 11.6. The van der Waals surface area contributed by atoms with Gasteiger partial charge in [0.1, 0.15) is 6.29 Å². The van der Waals surface area contributed by atoms with E-state index < -0.39 is 17.1 Å². The zero-order valence-electron chi connectivity index (χ0n) is 22.9. The Morgan fingerprint density at radius 2 is 1.77 bits per heavy atom. The van der Waals surface area contributed by atoms with Crippen molar-refractivity contribution in [3.63, 3.8) is 0 Å². The smallest absolute Gasteiger partial charge is 0.145 e. The van der Waals surface area contributed by atoms with E-state index in [0.29, 0.717) is 50.5 Å². The molecule has 0 aliphatic heterocycles. The normalized spacial score (nSPS) is 28.0. The minimum Gasteiger partial charge on any atom is -0.396 e. The summed E-state index contributed by atoms with van der Waals surface area (Å²) in [5.74, 6) is -0.182. The third kappa shape index (κ3) is 8.82. The Balaban J connectivity index is 3.02. The number of allylic oxidation sites excluding steroid dienone is 6. The molecule has 1 saturated carbocycles. The van der Waals surface area contributed by atoms with E-state index in [2.05, 4.69) is 32.9 Å². The van der Waals surface area contributed by atoms with Crippen LogP contribution < -0.4 is 0 Å². The number of hydrogen-bond donors (Lipinski definition) is 4. The van der Waals surface area contributed by atoms with Crippen LogP contribution in [0.4, 0.5) is 0 Å². The summed E-state index contributed by atoms with van der Waals surface area (Å²) in [6.45, 7) is 11.6. The molecule has 0 aromatic rings. The molecule has 0 bridgehead atoms. The standard InChI is InChI=1S/C30H50O5/c1-22(2)10-7-11-23(3)14-15-28(34)24(4)12-8-17-30(21-33)27(13-9-19-31)26(25(5)20-32)16-18-29(30,6)35/h10,12,14,20,27-28,31,33-35H,7-9,11,13,15-19,21H2,1-6H3/b23-14+,24-12+,26-25-/t27-,28-,29+,30-/m1/s1. The third-order valence-electron chi connectivity index (χ3n) is 8.02. The summed E-state index contributed by atoms with van der Waals surface area (Å²) in [5.41, 5.74) is 3.20. The highest BCUT2D eigenvalue weighted by Gasteiger charge is 2.54. The van der Waals surface area contributed by atoms with Crippen molar-refractivity contribution in [3.05, 3.63) is 46.1 Å². The molecule has 0 spiro atoms. The van der Waals surface area contributed by atoms with Crippen LogP contribution >= 0.6 is 0 Å². The van der Waals surface area contributed by atoms with E-state index in [1.54, 1.807) is 13.8 Å². The lowest BCUT2D eigenvalue weighted by Crippen LogP contribution is -2.56. The number of aliphatic hydroxyl groups is 4. The summed E-state index contributed by atoms with van der Waals surface area (Å²) in [4.78, 5) is 11.6. The average Bonchev–Trinajstić information content (AvgIpc) is 2.81. The SMILES string of the molecule is CC(C)=CCC/C(C)=C/C[C@@H](O)/C(C)=C/CC[C@@]1(CO)[C@H](CCCO)/C(=C(/C)C=O)CC[C@]1(C)O. The van der Waals surface area contributed by atoms with Gasteiger partial charge >= 0.3 is 0 Å².